The van der Waals surface area contributed by atoms with Gasteiger partial charge in [0.15, 0.2) is 0 Å². The van der Waals surface area contributed by atoms with E-state index in [1.54, 1.807) is 12.1 Å². The first kappa shape index (κ1) is 34.0. The van der Waals surface area contributed by atoms with E-state index in [2.05, 4.69) is 191 Å². The highest BCUT2D eigenvalue weighted by atomic mass is 32.1. The zero-order valence-corrected chi connectivity index (χ0v) is 32.2. The molecular weight excluding hydrogens is 728 g/mol. The lowest BCUT2D eigenvalue weighted by Crippen LogP contribution is -2.09. The Hall–Kier alpha value is -7.27. The third-order valence-electron chi connectivity index (χ3n) is 11.3. The summed E-state index contributed by atoms with van der Waals surface area (Å²) in [7, 11) is 0. The maximum atomic E-state index is 14.8. The van der Waals surface area contributed by atoms with Crippen LogP contribution in [0, 0.1) is 5.82 Å². The van der Waals surface area contributed by atoms with Crippen molar-refractivity contribution >= 4 is 70.4 Å². The molecule has 4 heteroatoms. The summed E-state index contributed by atoms with van der Waals surface area (Å²) in [5.41, 5.74) is 13.0. The van der Waals surface area contributed by atoms with E-state index in [0.29, 0.717) is 0 Å². The van der Waals surface area contributed by atoms with Crippen molar-refractivity contribution in [1.82, 2.24) is 4.57 Å². The van der Waals surface area contributed by atoms with Crippen LogP contribution in [0.25, 0.3) is 81.0 Å². The molecule has 11 aromatic rings. The summed E-state index contributed by atoms with van der Waals surface area (Å²) in [6.07, 6.45) is 0. The fraction of sp³-hybridized carbons (Fsp3) is 0. The predicted octanol–water partition coefficient (Wildman–Crippen LogP) is 15.8. The van der Waals surface area contributed by atoms with Crippen molar-refractivity contribution in [3.8, 4) is 39.1 Å². The number of nitrogens with zero attached hydrogens (tertiary/aromatic N) is 2. The minimum absolute atomic E-state index is 0.250. The van der Waals surface area contributed by atoms with E-state index in [0.717, 1.165) is 55.7 Å². The topological polar surface area (TPSA) is 8.17 Å². The zero-order valence-electron chi connectivity index (χ0n) is 31.4. The van der Waals surface area contributed by atoms with E-state index < -0.39 is 0 Å². The van der Waals surface area contributed by atoms with Crippen LogP contribution in [0.5, 0.6) is 0 Å². The molecule has 58 heavy (non-hydrogen) atoms. The van der Waals surface area contributed by atoms with Gasteiger partial charge >= 0.3 is 0 Å². The Morgan fingerprint density at radius 1 is 0.379 bits per heavy atom. The third kappa shape index (κ3) is 5.77. The number of para-hydroxylation sites is 2. The van der Waals surface area contributed by atoms with Gasteiger partial charge in [0.1, 0.15) is 5.82 Å². The molecule has 0 radical (unpaired) electrons. The molecule has 0 aliphatic heterocycles. The first-order valence-corrected chi connectivity index (χ1v) is 20.3. The predicted molar refractivity (Wildman–Crippen MR) is 245 cm³/mol. The van der Waals surface area contributed by atoms with Gasteiger partial charge in [0.2, 0.25) is 0 Å². The van der Waals surface area contributed by atoms with Crippen LogP contribution in [-0.2, 0) is 0 Å². The monoisotopic (exact) mass is 762 g/mol. The van der Waals surface area contributed by atoms with Crippen LogP contribution in [0.4, 0.5) is 21.5 Å². The number of halogens is 1. The van der Waals surface area contributed by atoms with Gasteiger partial charge in [0, 0.05) is 53.6 Å². The lowest BCUT2D eigenvalue weighted by Gasteiger charge is -2.26. The molecular formula is C54H35FN2S. The van der Waals surface area contributed by atoms with E-state index in [1.807, 2.05) is 29.5 Å². The van der Waals surface area contributed by atoms with Gasteiger partial charge in [-0.05, 0) is 101 Å². The SMILES string of the molecule is Fc1ccc2c3ccccc3n(-c3ccccc3-c3ccc(N(c4ccc(-c5ccccc5)cc4)c4ccc(-c5cccc6c5sc5ccccc56)cc4)cc3)c2c1. The van der Waals surface area contributed by atoms with Crippen molar-refractivity contribution in [2.24, 2.45) is 0 Å². The molecule has 0 N–H and O–H groups in total. The summed E-state index contributed by atoms with van der Waals surface area (Å²) in [6.45, 7) is 0. The van der Waals surface area contributed by atoms with Gasteiger partial charge in [0.25, 0.3) is 0 Å². The number of hydrogen-bond acceptors (Lipinski definition) is 2. The molecule has 0 saturated carbocycles. The fourth-order valence-corrected chi connectivity index (χ4v) is 9.79. The maximum Gasteiger partial charge on any atom is 0.125 e. The average molecular weight is 763 g/mol. The Labute approximate surface area is 339 Å². The first-order chi connectivity index (χ1) is 28.7. The van der Waals surface area contributed by atoms with Gasteiger partial charge in [-0.3, -0.25) is 0 Å². The second-order valence-electron chi connectivity index (χ2n) is 14.7. The molecule has 0 fully saturated rings. The normalized spacial score (nSPS) is 11.5. The lowest BCUT2D eigenvalue weighted by molar-refractivity contribution is 0.629. The van der Waals surface area contributed by atoms with Gasteiger partial charge in [0.05, 0.1) is 16.7 Å². The number of hydrogen-bond donors (Lipinski definition) is 0. The Kier molecular flexibility index (Phi) is 8.23. The van der Waals surface area contributed by atoms with Crippen LogP contribution in [0.3, 0.4) is 0 Å². The largest absolute Gasteiger partial charge is 0.311 e. The van der Waals surface area contributed by atoms with E-state index in [1.165, 1.54) is 42.4 Å². The molecule has 0 saturated heterocycles. The minimum Gasteiger partial charge on any atom is -0.311 e. The summed E-state index contributed by atoms with van der Waals surface area (Å²) in [4.78, 5) is 2.32. The van der Waals surface area contributed by atoms with Gasteiger partial charge in [-0.1, -0.05) is 140 Å². The highest BCUT2D eigenvalue weighted by Crippen LogP contribution is 2.43. The molecule has 0 spiro atoms. The molecule has 11 rings (SSSR count). The molecule has 9 aromatic carbocycles. The van der Waals surface area contributed by atoms with Gasteiger partial charge in [-0.25, -0.2) is 4.39 Å². The van der Waals surface area contributed by atoms with Gasteiger partial charge in [-0.15, -0.1) is 11.3 Å². The van der Waals surface area contributed by atoms with Gasteiger partial charge < -0.3 is 9.47 Å². The molecule has 0 amide bonds. The number of anilines is 3. The summed E-state index contributed by atoms with van der Waals surface area (Å²) < 4.78 is 19.6. The smallest absolute Gasteiger partial charge is 0.125 e. The van der Waals surface area contributed by atoms with E-state index in [-0.39, 0.29) is 5.82 Å². The van der Waals surface area contributed by atoms with Crippen molar-refractivity contribution in [2.75, 3.05) is 4.90 Å². The fourth-order valence-electron chi connectivity index (χ4n) is 8.55. The quantitative estimate of drug-likeness (QED) is 0.157. The summed E-state index contributed by atoms with van der Waals surface area (Å²) in [6, 6.07) is 74.2. The molecule has 2 nitrogen and oxygen atoms in total. The second-order valence-corrected chi connectivity index (χ2v) is 15.7. The third-order valence-corrected chi connectivity index (χ3v) is 12.5. The molecule has 0 unspecified atom stereocenters. The van der Waals surface area contributed by atoms with Crippen molar-refractivity contribution in [3.63, 3.8) is 0 Å². The van der Waals surface area contributed by atoms with Crippen LogP contribution in [0.1, 0.15) is 0 Å². The van der Waals surface area contributed by atoms with Crippen LogP contribution < -0.4 is 4.90 Å². The molecule has 0 aliphatic carbocycles. The molecule has 0 bridgehead atoms. The van der Waals surface area contributed by atoms with E-state index >= 15 is 0 Å². The van der Waals surface area contributed by atoms with Crippen LogP contribution in [-0.4, -0.2) is 4.57 Å². The van der Waals surface area contributed by atoms with Crippen molar-refractivity contribution in [1.29, 1.82) is 0 Å². The Morgan fingerprint density at radius 2 is 0.914 bits per heavy atom. The second kappa shape index (κ2) is 14.0. The lowest BCUT2D eigenvalue weighted by atomic mass is 10.0. The number of aromatic nitrogens is 1. The molecule has 2 aromatic heterocycles. The molecule has 0 aliphatic rings. The molecule has 0 atom stereocenters. The van der Waals surface area contributed by atoms with E-state index in [4.69, 9.17) is 0 Å². The maximum absolute atomic E-state index is 14.8. The standard InChI is InChI=1S/C54H35FN2S/c55-40-27-34-47-46-14-5-8-19-51(46)57(52(47)35-40)50-18-7-4-13-44(50)38-23-30-42(31-24-38)56(41-28-21-37(22-29-41)36-11-2-1-3-12-36)43-32-25-39(26-33-43)45-16-10-17-49-48-15-6-9-20-53(48)58-54(45)49/h1-35H. The van der Waals surface area contributed by atoms with Crippen LogP contribution in [0.2, 0.25) is 0 Å². The van der Waals surface area contributed by atoms with Crippen LogP contribution >= 0.6 is 11.3 Å². The minimum atomic E-state index is -0.250. The average Bonchev–Trinajstić information content (AvgIpc) is 3.83. The van der Waals surface area contributed by atoms with Crippen molar-refractivity contribution in [2.45, 2.75) is 0 Å². The number of benzene rings is 9. The first-order valence-electron chi connectivity index (χ1n) is 19.5. The Morgan fingerprint density at radius 3 is 1.66 bits per heavy atom. The zero-order chi connectivity index (χ0) is 38.6. The molecule has 274 valence electrons. The number of fused-ring (bicyclic) bond motifs is 6. The number of thiophene rings is 1. The molecule has 2 heterocycles. The Bertz CT molecular complexity index is 3270. The summed E-state index contributed by atoms with van der Waals surface area (Å²) >= 11 is 1.86. The number of rotatable bonds is 7. The highest BCUT2D eigenvalue weighted by molar-refractivity contribution is 7.26. The Balaban J connectivity index is 1.01. The summed E-state index contributed by atoms with van der Waals surface area (Å²) in [5.74, 6) is -0.250. The summed E-state index contributed by atoms with van der Waals surface area (Å²) in [5, 5.41) is 4.74. The van der Waals surface area contributed by atoms with Gasteiger partial charge in [-0.2, -0.15) is 0 Å². The van der Waals surface area contributed by atoms with Crippen molar-refractivity contribution < 1.29 is 4.39 Å². The van der Waals surface area contributed by atoms with Crippen LogP contribution in [0.15, 0.2) is 212 Å². The highest BCUT2D eigenvalue weighted by Gasteiger charge is 2.18. The van der Waals surface area contributed by atoms with Crippen molar-refractivity contribution in [3.05, 3.63) is 218 Å². The van der Waals surface area contributed by atoms with E-state index in [9.17, 15) is 4.39 Å².